The Kier molecular flexibility index (Phi) is 16.1. The molecule has 30 heteroatoms. The Morgan fingerprint density at radius 3 is 1.84 bits per heavy atom. The molecule has 0 bridgehead atoms. The van der Waals surface area contributed by atoms with Gasteiger partial charge in [0.1, 0.15) is 60.6 Å². The van der Waals surface area contributed by atoms with E-state index in [-0.39, 0.29) is 106 Å². The van der Waals surface area contributed by atoms with Crippen LogP contribution in [0.2, 0.25) is 0 Å². The molecule has 5 aromatic carbocycles. The van der Waals surface area contributed by atoms with Crippen LogP contribution in [-0.4, -0.2) is 108 Å². The zero-order valence-electron chi connectivity index (χ0n) is 39.5. The highest BCUT2D eigenvalue weighted by Crippen LogP contribution is 2.46. The number of aromatic nitrogens is 3. The average Bonchev–Trinajstić information content (AvgIpc) is 3.48. The summed E-state index contributed by atoms with van der Waals surface area (Å²) in [7, 11) is -13.0. The van der Waals surface area contributed by atoms with Gasteiger partial charge in [-0.2, -0.15) is 45.4 Å². The van der Waals surface area contributed by atoms with E-state index in [1.54, 1.807) is 19.1 Å². The highest BCUT2D eigenvalue weighted by atomic mass is 32.2. The summed E-state index contributed by atoms with van der Waals surface area (Å²) < 4.78 is 118. The van der Waals surface area contributed by atoms with Crippen molar-refractivity contribution >= 4 is 97.9 Å². The molecule has 1 amide bonds. The number of carbonyl (C=O) groups is 1. The molecule has 0 fully saturated rings. The number of nitrogens with zero attached hydrogens (tertiary/aromatic N) is 9. The molecule has 1 heterocycles. The number of aliphatic hydroxyl groups excluding tert-OH is 2. The van der Waals surface area contributed by atoms with Crippen molar-refractivity contribution in [2.24, 2.45) is 36.6 Å². The number of phenols is 2. The largest absolute Gasteiger partial charge is 0.505 e. The molecule has 0 radical (unpaired) electrons. The molecule has 0 saturated heterocycles. The molecule has 27 nitrogen and oxygen atoms in total. The first-order valence-electron chi connectivity index (χ1n) is 21.6. The van der Waals surface area contributed by atoms with Gasteiger partial charge in [-0.25, -0.2) is 4.98 Å². The predicted octanol–water partition coefficient (Wildman–Crippen LogP) is 7.15. The lowest BCUT2D eigenvalue weighted by molar-refractivity contribution is -0.118. The second-order valence-electron chi connectivity index (χ2n) is 16.0. The fraction of sp³-hybridized carbons (Fsp3) is 0.200. The zero-order valence-corrected chi connectivity index (χ0v) is 41.9. The molecule has 9 N–H and O–H groups in total. The number of azo groups is 3. The number of allylic oxidation sites excluding steroid dienone is 3. The number of rotatable bonds is 18. The minimum Gasteiger partial charge on any atom is -0.505 e. The van der Waals surface area contributed by atoms with Gasteiger partial charge in [0.05, 0.1) is 44.5 Å². The Labute approximate surface area is 425 Å². The third kappa shape index (κ3) is 12.8. The van der Waals surface area contributed by atoms with E-state index in [1.165, 1.54) is 56.5 Å². The monoisotopic (exact) mass is 1090 g/mol. The zero-order chi connectivity index (χ0) is 54.6. The van der Waals surface area contributed by atoms with Crippen molar-refractivity contribution in [2.45, 2.75) is 41.4 Å². The molecule has 1 unspecified atom stereocenters. The molecule has 1 aliphatic carbocycles. The first-order valence-corrected chi connectivity index (χ1v) is 25.9. The molecule has 0 aliphatic heterocycles. The molecule has 1 aliphatic rings. The number of ether oxygens (including phenoxy) is 2. The van der Waals surface area contributed by atoms with Gasteiger partial charge in [-0.05, 0) is 71.3 Å². The summed E-state index contributed by atoms with van der Waals surface area (Å²) in [5, 5.41) is 70.9. The number of fused-ring (bicyclic) bond motifs is 2. The Morgan fingerprint density at radius 2 is 1.25 bits per heavy atom. The van der Waals surface area contributed by atoms with Crippen LogP contribution in [0.25, 0.3) is 21.5 Å². The van der Waals surface area contributed by atoms with Crippen molar-refractivity contribution < 1.29 is 73.6 Å². The molecule has 7 rings (SSSR count). The van der Waals surface area contributed by atoms with Crippen LogP contribution in [0.1, 0.15) is 25.5 Å². The molecule has 392 valence electrons. The molecule has 1 atom stereocenters. The van der Waals surface area contributed by atoms with E-state index >= 15 is 0 Å². The number of anilines is 2. The average molecular weight is 1090 g/mol. The number of aliphatic hydroxyl groups is 2. The maximum Gasteiger partial charge on any atom is 0.296 e. The second-order valence-corrected chi connectivity index (χ2v) is 20.2. The fourth-order valence-electron chi connectivity index (χ4n) is 7.32. The number of amides is 1. The van der Waals surface area contributed by atoms with E-state index in [9.17, 15) is 64.1 Å². The molecule has 75 heavy (non-hydrogen) atoms. The first-order chi connectivity index (χ1) is 35.4. The Balaban J connectivity index is 1.24. The number of hydrogen-bond donors (Lipinski definition) is 9. The normalized spacial score (nSPS) is 14.6. The van der Waals surface area contributed by atoms with E-state index in [2.05, 4.69) is 56.3 Å². The third-order valence-corrected chi connectivity index (χ3v) is 13.2. The van der Waals surface area contributed by atoms with Crippen LogP contribution >= 0.6 is 0 Å². The predicted molar refractivity (Wildman–Crippen MR) is 265 cm³/mol. The van der Waals surface area contributed by atoms with Gasteiger partial charge >= 0.3 is 0 Å². The summed E-state index contributed by atoms with van der Waals surface area (Å²) in [6, 6.07) is 11.6. The standard InChI is InChI=1S/C45H43N11O16S3/c1-22-13-28(19-34(71-3)31(14-22)46-23(2)59)52-55-41-38(75(68,69)70)17-25-15-27(7-8-29(25)43(41)60)51-54-33-20-35(72-4)32(21-36(33)73(62,63)64)53-56-42-37(74(65,66)67)16-24-5-6-26(18-30(24)44(42)61)47-45-49-39(9-11-57)48-40(50-45)10-12-58/h5-8,13-22,57-58,60-61H,9-12H2,1-4H3,(H,46,59)(H,62,63,64)(H,65,66,67)(H,68,69,70)(H,47,48,49,50). The van der Waals surface area contributed by atoms with Crippen molar-refractivity contribution in [1.82, 2.24) is 20.3 Å². The maximum atomic E-state index is 12.8. The Hall–Kier alpha value is -8.23. The number of nitrogens with one attached hydrogen (secondary N) is 2. The van der Waals surface area contributed by atoms with E-state index in [0.29, 0.717) is 5.70 Å². The summed E-state index contributed by atoms with van der Waals surface area (Å²) in [5.74, 6) is -1.94. The minimum atomic E-state index is -5.20. The van der Waals surface area contributed by atoms with Crippen molar-refractivity contribution in [3.05, 3.63) is 108 Å². The second kappa shape index (κ2) is 22.1. The van der Waals surface area contributed by atoms with E-state index < -0.39 is 79.3 Å². The van der Waals surface area contributed by atoms with Crippen LogP contribution < -0.4 is 15.4 Å². The Morgan fingerprint density at radius 1 is 0.653 bits per heavy atom. The fourth-order valence-corrected chi connectivity index (χ4v) is 9.26. The minimum absolute atomic E-state index is 0.00845. The molecule has 1 aromatic heterocycles. The van der Waals surface area contributed by atoms with Gasteiger partial charge in [-0.3, -0.25) is 18.5 Å². The summed E-state index contributed by atoms with van der Waals surface area (Å²) in [5.41, 5.74) is -1.88. The van der Waals surface area contributed by atoms with Crippen LogP contribution in [0.4, 0.5) is 40.1 Å². The lowest BCUT2D eigenvalue weighted by Gasteiger charge is -2.12. The molecule has 0 spiro atoms. The molecule has 0 saturated carbocycles. The van der Waals surface area contributed by atoms with Gasteiger partial charge in [-0.1, -0.05) is 19.1 Å². The molecule has 6 aromatic rings. The van der Waals surface area contributed by atoms with Gasteiger partial charge in [-0.15, -0.1) is 20.5 Å². The van der Waals surface area contributed by atoms with E-state index in [0.717, 1.165) is 31.4 Å². The molecular formula is C45H43N11O16S3. The Bertz CT molecular complexity index is 3820. The number of carbonyl (C=O) groups excluding carboxylic acids is 1. The van der Waals surface area contributed by atoms with Gasteiger partial charge < -0.3 is 40.5 Å². The van der Waals surface area contributed by atoms with Crippen LogP contribution in [0.5, 0.6) is 17.2 Å². The van der Waals surface area contributed by atoms with Crippen LogP contribution in [0.15, 0.2) is 141 Å². The van der Waals surface area contributed by atoms with E-state index in [1.807, 2.05) is 0 Å². The smallest absolute Gasteiger partial charge is 0.296 e. The summed E-state index contributed by atoms with van der Waals surface area (Å²) in [4.78, 5) is 21.7. The van der Waals surface area contributed by atoms with Crippen LogP contribution in [-0.2, 0) is 52.7 Å². The SMILES string of the molecule is COC1=CC(N=Nc2c(S(=O)(=O)O)cc3cc(N=Nc4cc(OC)c(N=Nc5c(S(=O)(=O)O)cc6ccc(Nc7nc(CCO)nc(CCO)n7)cc6c5O)cc4S(=O)(=O)O)ccc3c2O)=CC(C)C=C1NC(C)=O. The van der Waals surface area contributed by atoms with Gasteiger partial charge in [0.2, 0.25) is 11.9 Å². The number of phenolic OH excluding ortho intramolecular Hbond substituents is 2. The van der Waals surface area contributed by atoms with Gasteiger partial charge in [0.25, 0.3) is 30.4 Å². The van der Waals surface area contributed by atoms with E-state index in [4.69, 9.17) is 9.47 Å². The van der Waals surface area contributed by atoms with Gasteiger partial charge in [0.15, 0.2) is 11.5 Å². The number of aromatic hydroxyl groups is 2. The summed E-state index contributed by atoms with van der Waals surface area (Å²) in [6.45, 7) is 2.51. The summed E-state index contributed by atoms with van der Waals surface area (Å²) >= 11 is 0. The topological polar surface area (TPSA) is 416 Å². The number of hydrogen-bond acceptors (Lipinski definition) is 23. The lowest BCUT2D eigenvalue weighted by atomic mass is 10.1. The molecular weight excluding hydrogens is 1050 g/mol. The number of methoxy groups -OCH3 is 2. The number of benzene rings is 5. The van der Waals surface area contributed by atoms with Crippen molar-refractivity contribution in [1.29, 1.82) is 0 Å². The highest BCUT2D eigenvalue weighted by molar-refractivity contribution is 7.86. The van der Waals surface area contributed by atoms with Crippen molar-refractivity contribution in [3.8, 4) is 17.2 Å². The van der Waals surface area contributed by atoms with Gasteiger partial charge in [0, 0.05) is 48.4 Å². The van der Waals surface area contributed by atoms with Crippen molar-refractivity contribution in [2.75, 3.05) is 32.8 Å². The van der Waals surface area contributed by atoms with Crippen LogP contribution in [0.3, 0.4) is 0 Å². The summed E-state index contributed by atoms with van der Waals surface area (Å²) in [6.07, 6.45) is 4.83. The maximum absolute atomic E-state index is 12.8. The highest BCUT2D eigenvalue weighted by Gasteiger charge is 2.26. The van der Waals surface area contributed by atoms with Crippen molar-refractivity contribution in [3.63, 3.8) is 0 Å². The van der Waals surface area contributed by atoms with Crippen LogP contribution in [0, 0.1) is 5.92 Å². The third-order valence-electron chi connectivity index (χ3n) is 10.6. The lowest BCUT2D eigenvalue weighted by Crippen LogP contribution is -2.21. The first kappa shape index (κ1) is 54.5. The quantitative estimate of drug-likeness (QED) is 0.0304.